The van der Waals surface area contributed by atoms with Gasteiger partial charge in [0, 0.05) is 30.8 Å². The number of nitrogens with zero attached hydrogens (tertiary/aromatic N) is 3. The topological polar surface area (TPSA) is 163 Å². The average Bonchev–Trinajstić information content (AvgIpc) is 4.06. The smallest absolute Gasteiger partial charge is 0.408 e. The van der Waals surface area contributed by atoms with Gasteiger partial charge in [-0.15, -0.1) is 0 Å². The molecule has 4 amide bonds. The van der Waals surface area contributed by atoms with Crippen molar-refractivity contribution >= 4 is 23.8 Å². The van der Waals surface area contributed by atoms with Gasteiger partial charge in [-0.1, -0.05) is 96.8 Å². The molecule has 7 rings (SSSR count). The highest BCUT2D eigenvalue weighted by atomic mass is 16.6. The number of ether oxygens (including phenoxy) is 1. The number of benzene rings is 4. The van der Waals surface area contributed by atoms with Crippen LogP contribution in [-0.4, -0.2) is 68.3 Å². The van der Waals surface area contributed by atoms with E-state index in [-0.39, 0.29) is 30.3 Å². The summed E-state index contributed by atoms with van der Waals surface area (Å²) in [7, 11) is 0. The van der Waals surface area contributed by atoms with E-state index in [1.165, 1.54) is 0 Å². The fourth-order valence-corrected chi connectivity index (χ4v) is 7.67. The number of carbonyl (C=O) groups is 4. The fourth-order valence-electron chi connectivity index (χ4n) is 7.67. The van der Waals surface area contributed by atoms with Crippen molar-refractivity contribution in [1.29, 1.82) is 0 Å². The molecular weight excluding hydrogens is 755 g/mol. The number of amides is 4. The molecule has 2 saturated heterocycles. The van der Waals surface area contributed by atoms with Gasteiger partial charge in [0.25, 0.3) is 5.91 Å². The van der Waals surface area contributed by atoms with E-state index in [2.05, 4.69) is 32.4 Å². The Hall–Kier alpha value is -6.71. The van der Waals surface area contributed by atoms with Crippen molar-refractivity contribution in [3.05, 3.63) is 149 Å². The number of aromatic amines is 1. The molecule has 1 aromatic heterocycles. The lowest BCUT2D eigenvalue weighted by molar-refractivity contribution is -0.140. The van der Waals surface area contributed by atoms with Crippen molar-refractivity contribution in [1.82, 2.24) is 30.4 Å². The Morgan fingerprint density at radius 2 is 1.40 bits per heavy atom. The third-order valence-corrected chi connectivity index (χ3v) is 10.7. The van der Waals surface area contributed by atoms with Crippen LogP contribution in [-0.2, 0) is 25.7 Å². The molecule has 0 unspecified atom stereocenters. The van der Waals surface area contributed by atoms with Gasteiger partial charge in [-0.05, 0) is 93.0 Å². The lowest BCUT2D eigenvalue weighted by Crippen LogP contribution is -2.50. The number of carbonyl (C=O) groups excluding carboxylic acids is 4. The number of hydrogen-bond acceptors (Lipinski definition) is 7. The van der Waals surface area contributed by atoms with E-state index in [0.29, 0.717) is 31.5 Å². The van der Waals surface area contributed by atoms with Gasteiger partial charge in [-0.25, -0.2) is 9.78 Å². The quantitative estimate of drug-likeness (QED) is 0.114. The standard InChI is InChI=1S/C48H51N7O5/c1-48(2,3)60-47(59)53-42(37-14-8-5-9-15-37)46(58)55-29-11-17-40(55)44(56)51-30-34-22-20-32(21-23-34)18-19-33-24-26-35(27-25-33)38-31-50-43(52-38)39-16-10-28-54(39)45(57)41(49)36-12-6-4-7-13-36/h4-9,12-15,20-27,31,39-42H,10-11,16-17,28-30,49H2,1-3H3,(H,50,52)(H,51,56)(H,53,59)/t39-,40-,41+,42+/m0/s1. The van der Waals surface area contributed by atoms with Crippen LogP contribution in [0.5, 0.6) is 0 Å². The van der Waals surface area contributed by atoms with Crippen molar-refractivity contribution in [2.45, 2.75) is 82.8 Å². The molecule has 12 heteroatoms. The summed E-state index contributed by atoms with van der Waals surface area (Å²) in [6.45, 7) is 6.61. The average molecular weight is 806 g/mol. The van der Waals surface area contributed by atoms with E-state index >= 15 is 0 Å². The van der Waals surface area contributed by atoms with Crippen molar-refractivity contribution in [3.63, 3.8) is 0 Å². The van der Waals surface area contributed by atoms with Gasteiger partial charge >= 0.3 is 6.09 Å². The highest BCUT2D eigenvalue weighted by molar-refractivity contribution is 5.92. The van der Waals surface area contributed by atoms with Crippen LogP contribution in [0.2, 0.25) is 0 Å². The van der Waals surface area contributed by atoms with Gasteiger partial charge in [0.2, 0.25) is 11.8 Å². The fraction of sp³-hybridized carbons (Fsp3) is 0.312. The van der Waals surface area contributed by atoms with E-state index in [1.54, 1.807) is 56.1 Å². The predicted molar refractivity (Wildman–Crippen MR) is 229 cm³/mol. The molecule has 2 aliphatic heterocycles. The Bertz CT molecular complexity index is 2350. The van der Waals surface area contributed by atoms with Crippen molar-refractivity contribution < 1.29 is 23.9 Å². The van der Waals surface area contributed by atoms with Crippen molar-refractivity contribution in [3.8, 4) is 23.1 Å². The minimum atomic E-state index is -0.996. The normalized spacial score (nSPS) is 17.3. The van der Waals surface area contributed by atoms with Crippen LogP contribution in [0.4, 0.5) is 4.79 Å². The summed E-state index contributed by atoms with van der Waals surface area (Å²) in [6.07, 6.45) is 4.00. The largest absolute Gasteiger partial charge is 0.444 e. The monoisotopic (exact) mass is 805 g/mol. The number of imidazole rings is 1. The Morgan fingerprint density at radius 1 is 0.800 bits per heavy atom. The number of hydrogen-bond donors (Lipinski definition) is 4. The van der Waals surface area contributed by atoms with Crippen LogP contribution < -0.4 is 16.4 Å². The third-order valence-electron chi connectivity index (χ3n) is 10.7. The minimum Gasteiger partial charge on any atom is -0.444 e. The molecule has 2 fully saturated rings. The van der Waals surface area contributed by atoms with Gasteiger partial charge in [-0.2, -0.15) is 0 Å². The maximum Gasteiger partial charge on any atom is 0.408 e. The summed E-state index contributed by atoms with van der Waals surface area (Å²) in [4.78, 5) is 64.9. The molecule has 12 nitrogen and oxygen atoms in total. The molecule has 60 heavy (non-hydrogen) atoms. The molecular formula is C48H51N7O5. The van der Waals surface area contributed by atoms with E-state index in [4.69, 9.17) is 10.5 Å². The molecule has 4 aromatic carbocycles. The Morgan fingerprint density at radius 3 is 2.05 bits per heavy atom. The van der Waals surface area contributed by atoms with Crippen LogP contribution in [0, 0.1) is 11.8 Å². The summed E-state index contributed by atoms with van der Waals surface area (Å²) in [6, 6.07) is 31.5. The van der Waals surface area contributed by atoms with Gasteiger partial charge in [-0.3, -0.25) is 14.4 Å². The molecule has 0 bridgehead atoms. The van der Waals surface area contributed by atoms with E-state index in [0.717, 1.165) is 52.2 Å². The Balaban J connectivity index is 0.923. The molecule has 0 spiro atoms. The van der Waals surface area contributed by atoms with Crippen molar-refractivity contribution in [2.24, 2.45) is 5.73 Å². The zero-order chi connectivity index (χ0) is 42.2. The molecule has 5 aromatic rings. The second kappa shape index (κ2) is 18.5. The zero-order valence-corrected chi connectivity index (χ0v) is 34.2. The Kier molecular flexibility index (Phi) is 12.8. The molecule has 0 aliphatic carbocycles. The molecule has 2 aliphatic rings. The first-order chi connectivity index (χ1) is 28.9. The lowest BCUT2D eigenvalue weighted by Gasteiger charge is -2.29. The number of aromatic nitrogens is 2. The molecule has 0 radical (unpaired) electrons. The molecule has 3 heterocycles. The van der Waals surface area contributed by atoms with Gasteiger partial charge in [0.15, 0.2) is 0 Å². The maximum atomic E-state index is 13.9. The van der Waals surface area contributed by atoms with Crippen LogP contribution in [0.25, 0.3) is 11.3 Å². The second-order valence-corrected chi connectivity index (χ2v) is 16.2. The van der Waals surface area contributed by atoms with Gasteiger partial charge in [0.1, 0.15) is 29.6 Å². The molecule has 0 saturated carbocycles. The molecule has 5 N–H and O–H groups in total. The number of nitrogens with two attached hydrogens (primary N) is 1. The van der Waals surface area contributed by atoms with Crippen LogP contribution >= 0.6 is 0 Å². The Labute approximate surface area is 350 Å². The predicted octanol–water partition coefficient (Wildman–Crippen LogP) is 6.71. The summed E-state index contributed by atoms with van der Waals surface area (Å²) >= 11 is 0. The van der Waals surface area contributed by atoms with Crippen LogP contribution in [0.1, 0.15) is 98.2 Å². The highest BCUT2D eigenvalue weighted by Gasteiger charge is 2.39. The summed E-state index contributed by atoms with van der Waals surface area (Å²) in [5.41, 5.74) is 11.4. The van der Waals surface area contributed by atoms with Crippen LogP contribution in [0.3, 0.4) is 0 Å². The maximum absolute atomic E-state index is 13.9. The number of alkyl carbamates (subject to hydrolysis) is 1. The number of likely N-dealkylation sites (tertiary alicyclic amines) is 2. The third kappa shape index (κ3) is 10.1. The summed E-state index contributed by atoms with van der Waals surface area (Å²) < 4.78 is 5.44. The first kappa shape index (κ1) is 41.4. The van der Waals surface area contributed by atoms with Crippen molar-refractivity contribution in [2.75, 3.05) is 13.1 Å². The van der Waals surface area contributed by atoms with E-state index in [1.807, 2.05) is 89.8 Å². The number of rotatable bonds is 10. The first-order valence-electron chi connectivity index (χ1n) is 20.4. The second-order valence-electron chi connectivity index (χ2n) is 16.2. The number of nitrogens with one attached hydrogen (secondary N) is 3. The SMILES string of the molecule is CC(C)(C)OC(=O)N[C@@H](C(=O)N1CCC[C@H]1C(=O)NCc1ccc(C#Cc2ccc(-c3cnc([C@@H]4CCCN4C(=O)[C@H](N)c4ccccc4)[nH]3)cc2)cc1)c1ccccc1. The molecule has 4 atom stereocenters. The van der Waals surface area contributed by atoms with E-state index in [9.17, 15) is 19.2 Å². The number of H-pyrrole nitrogens is 1. The van der Waals surface area contributed by atoms with Crippen LogP contribution in [0.15, 0.2) is 115 Å². The van der Waals surface area contributed by atoms with Gasteiger partial charge < -0.3 is 35.9 Å². The zero-order valence-electron chi connectivity index (χ0n) is 34.2. The lowest BCUT2D eigenvalue weighted by atomic mass is 10.0. The van der Waals surface area contributed by atoms with Gasteiger partial charge in [0.05, 0.1) is 17.9 Å². The summed E-state index contributed by atoms with van der Waals surface area (Å²) in [5, 5.41) is 5.72. The van der Waals surface area contributed by atoms with E-state index < -0.39 is 29.8 Å². The summed E-state index contributed by atoms with van der Waals surface area (Å²) in [5.74, 6) is 6.48. The first-order valence-corrected chi connectivity index (χ1v) is 20.4. The molecule has 308 valence electrons. The minimum absolute atomic E-state index is 0.0996. The highest BCUT2D eigenvalue weighted by Crippen LogP contribution is 2.33.